The molecule has 0 radical (unpaired) electrons. The van der Waals surface area contributed by atoms with Gasteiger partial charge in [-0.15, -0.1) is 0 Å². The van der Waals surface area contributed by atoms with Gasteiger partial charge in [0.05, 0.1) is 21.3 Å². The summed E-state index contributed by atoms with van der Waals surface area (Å²) < 4.78 is 14.8. The second-order valence-electron chi connectivity index (χ2n) is 2.85. The van der Waals surface area contributed by atoms with E-state index in [2.05, 4.69) is 0 Å². The summed E-state index contributed by atoms with van der Waals surface area (Å²) in [5.74, 6) is -1.52. The Labute approximate surface area is 92.0 Å². The van der Waals surface area contributed by atoms with E-state index in [4.69, 9.17) is 19.3 Å². The van der Waals surface area contributed by atoms with Crippen LogP contribution >= 0.6 is 0 Å². The molecule has 0 atom stereocenters. The van der Waals surface area contributed by atoms with Crippen LogP contribution in [0.4, 0.5) is 0 Å². The Kier molecular flexibility index (Phi) is 3.44. The van der Waals surface area contributed by atoms with Crippen LogP contribution in [0.25, 0.3) is 0 Å². The van der Waals surface area contributed by atoms with E-state index in [1.54, 1.807) is 0 Å². The van der Waals surface area contributed by atoms with E-state index in [1.165, 1.54) is 27.4 Å². The number of phenols is 1. The van der Waals surface area contributed by atoms with Gasteiger partial charge >= 0.3 is 5.97 Å². The van der Waals surface area contributed by atoms with Crippen molar-refractivity contribution in [2.45, 2.75) is 0 Å². The lowest BCUT2D eigenvalue weighted by Gasteiger charge is -2.14. The number of hydrogen-bond acceptors (Lipinski definition) is 5. The lowest BCUT2D eigenvalue weighted by Crippen LogP contribution is -2.02. The number of carboxylic acids is 1. The van der Waals surface area contributed by atoms with E-state index < -0.39 is 11.7 Å². The first-order valence-corrected chi connectivity index (χ1v) is 4.32. The van der Waals surface area contributed by atoms with Crippen LogP contribution in [-0.4, -0.2) is 37.5 Å². The van der Waals surface area contributed by atoms with E-state index in [-0.39, 0.29) is 22.8 Å². The summed E-state index contributed by atoms with van der Waals surface area (Å²) in [6, 6.07) is 1.17. The van der Waals surface area contributed by atoms with Crippen LogP contribution in [0.5, 0.6) is 23.0 Å². The van der Waals surface area contributed by atoms with Crippen molar-refractivity contribution in [2.75, 3.05) is 21.3 Å². The fourth-order valence-electron chi connectivity index (χ4n) is 1.30. The molecule has 1 rings (SSSR count). The van der Waals surface area contributed by atoms with E-state index >= 15 is 0 Å². The Morgan fingerprint density at radius 1 is 1.12 bits per heavy atom. The van der Waals surface area contributed by atoms with Gasteiger partial charge in [-0.25, -0.2) is 4.79 Å². The first-order chi connectivity index (χ1) is 7.56. The molecule has 0 heterocycles. The largest absolute Gasteiger partial charge is 0.504 e. The van der Waals surface area contributed by atoms with Gasteiger partial charge in [-0.2, -0.15) is 0 Å². The summed E-state index contributed by atoms with van der Waals surface area (Å²) in [7, 11) is 4.02. The van der Waals surface area contributed by atoms with Gasteiger partial charge in [0.15, 0.2) is 11.5 Å². The standard InChI is InChI=1S/C10H12O6/c1-14-6-4-5(10(12)13)7(11)9(16-3)8(6)15-2/h4,11H,1-3H3,(H,12,13). The normalized spacial score (nSPS) is 9.69. The van der Waals surface area contributed by atoms with Crippen molar-refractivity contribution >= 4 is 5.97 Å². The van der Waals surface area contributed by atoms with Gasteiger partial charge in [-0.05, 0) is 0 Å². The molecular formula is C10H12O6. The molecule has 1 aromatic rings. The van der Waals surface area contributed by atoms with Crippen LogP contribution in [-0.2, 0) is 0 Å². The molecule has 0 aliphatic rings. The summed E-state index contributed by atoms with van der Waals surface area (Å²) >= 11 is 0. The molecule has 0 fully saturated rings. The van der Waals surface area contributed by atoms with E-state index in [9.17, 15) is 9.90 Å². The first kappa shape index (κ1) is 12.0. The number of carbonyl (C=O) groups is 1. The smallest absolute Gasteiger partial charge is 0.339 e. The summed E-state index contributed by atoms with van der Waals surface area (Å²) in [5, 5.41) is 18.5. The highest BCUT2D eigenvalue weighted by atomic mass is 16.5. The van der Waals surface area contributed by atoms with Gasteiger partial charge in [-0.3, -0.25) is 0 Å². The predicted octanol–water partition coefficient (Wildman–Crippen LogP) is 1.12. The minimum atomic E-state index is -1.28. The van der Waals surface area contributed by atoms with Crippen molar-refractivity contribution in [3.63, 3.8) is 0 Å². The molecule has 0 aromatic heterocycles. The van der Waals surface area contributed by atoms with E-state index in [0.717, 1.165) is 0 Å². The number of hydrogen-bond donors (Lipinski definition) is 2. The maximum atomic E-state index is 10.8. The molecule has 6 heteroatoms. The summed E-state index contributed by atoms with van der Waals surface area (Å²) in [4.78, 5) is 10.8. The Bertz CT molecular complexity index is 412. The minimum Gasteiger partial charge on any atom is -0.504 e. The van der Waals surface area contributed by atoms with Crippen LogP contribution in [0.3, 0.4) is 0 Å². The number of rotatable bonds is 4. The average Bonchev–Trinajstić information content (AvgIpc) is 2.27. The number of methoxy groups -OCH3 is 3. The zero-order valence-electron chi connectivity index (χ0n) is 9.10. The van der Waals surface area contributed by atoms with Crippen molar-refractivity contribution in [1.82, 2.24) is 0 Å². The van der Waals surface area contributed by atoms with Gasteiger partial charge in [0.25, 0.3) is 0 Å². The molecular weight excluding hydrogens is 216 g/mol. The molecule has 0 saturated carbocycles. The molecule has 6 nitrogen and oxygen atoms in total. The molecule has 0 spiro atoms. The van der Waals surface area contributed by atoms with Crippen LogP contribution < -0.4 is 14.2 Å². The van der Waals surface area contributed by atoms with Crippen molar-refractivity contribution in [3.8, 4) is 23.0 Å². The van der Waals surface area contributed by atoms with Crippen LogP contribution in [0.1, 0.15) is 10.4 Å². The first-order valence-electron chi connectivity index (χ1n) is 4.32. The molecule has 1 aromatic carbocycles. The van der Waals surface area contributed by atoms with Gasteiger partial charge in [0.1, 0.15) is 5.56 Å². The van der Waals surface area contributed by atoms with Crippen molar-refractivity contribution in [1.29, 1.82) is 0 Å². The maximum absolute atomic E-state index is 10.8. The molecule has 0 bridgehead atoms. The zero-order chi connectivity index (χ0) is 12.3. The maximum Gasteiger partial charge on any atom is 0.339 e. The quantitative estimate of drug-likeness (QED) is 0.803. The highest BCUT2D eigenvalue weighted by Gasteiger charge is 2.23. The van der Waals surface area contributed by atoms with Gasteiger partial charge in [0.2, 0.25) is 11.5 Å². The van der Waals surface area contributed by atoms with Gasteiger partial charge in [0, 0.05) is 6.07 Å². The second kappa shape index (κ2) is 4.61. The number of aromatic carboxylic acids is 1. The second-order valence-corrected chi connectivity index (χ2v) is 2.85. The Morgan fingerprint density at radius 2 is 1.69 bits per heavy atom. The van der Waals surface area contributed by atoms with Gasteiger partial charge in [-0.1, -0.05) is 0 Å². The lowest BCUT2D eigenvalue weighted by molar-refractivity contribution is 0.0692. The molecule has 0 unspecified atom stereocenters. The molecule has 2 N–H and O–H groups in total. The number of ether oxygens (including phenoxy) is 3. The Balaban J connectivity index is 3.54. The predicted molar refractivity (Wildman–Crippen MR) is 54.7 cm³/mol. The fraction of sp³-hybridized carbons (Fsp3) is 0.300. The summed E-state index contributed by atoms with van der Waals surface area (Å²) in [6.45, 7) is 0. The number of benzene rings is 1. The SMILES string of the molecule is COc1cc(C(=O)O)c(O)c(OC)c1OC. The third kappa shape index (κ3) is 1.81. The molecule has 16 heavy (non-hydrogen) atoms. The number of carboxylic acid groups (broad SMARTS) is 1. The summed E-state index contributed by atoms with van der Waals surface area (Å²) in [5.41, 5.74) is -0.311. The molecule has 0 amide bonds. The Morgan fingerprint density at radius 3 is 2.06 bits per heavy atom. The topological polar surface area (TPSA) is 85.2 Å². The molecule has 0 aliphatic carbocycles. The number of aromatic hydroxyl groups is 1. The van der Waals surface area contributed by atoms with Gasteiger partial charge < -0.3 is 24.4 Å². The third-order valence-electron chi connectivity index (χ3n) is 2.03. The van der Waals surface area contributed by atoms with Crippen LogP contribution in [0.15, 0.2) is 6.07 Å². The van der Waals surface area contributed by atoms with Crippen molar-refractivity contribution < 1.29 is 29.2 Å². The summed E-state index contributed by atoms with van der Waals surface area (Å²) in [6.07, 6.45) is 0. The third-order valence-corrected chi connectivity index (χ3v) is 2.03. The molecule has 0 saturated heterocycles. The molecule has 0 aliphatic heterocycles. The molecule has 88 valence electrons. The van der Waals surface area contributed by atoms with Crippen molar-refractivity contribution in [2.24, 2.45) is 0 Å². The fourth-order valence-corrected chi connectivity index (χ4v) is 1.30. The van der Waals surface area contributed by atoms with Crippen molar-refractivity contribution in [3.05, 3.63) is 11.6 Å². The van der Waals surface area contributed by atoms with E-state index in [1.807, 2.05) is 0 Å². The average molecular weight is 228 g/mol. The van der Waals surface area contributed by atoms with Crippen LogP contribution in [0, 0.1) is 0 Å². The zero-order valence-corrected chi connectivity index (χ0v) is 9.10. The minimum absolute atomic E-state index is 0.0701. The Hall–Kier alpha value is -2.11. The lowest BCUT2D eigenvalue weighted by atomic mass is 10.1. The monoisotopic (exact) mass is 228 g/mol. The van der Waals surface area contributed by atoms with E-state index in [0.29, 0.717) is 0 Å². The van der Waals surface area contributed by atoms with Crippen LogP contribution in [0.2, 0.25) is 0 Å². The highest BCUT2D eigenvalue weighted by Crippen LogP contribution is 2.45. The highest BCUT2D eigenvalue weighted by molar-refractivity contribution is 5.93.